The Bertz CT molecular complexity index is 517. The highest BCUT2D eigenvalue weighted by molar-refractivity contribution is 9.10. The predicted molar refractivity (Wildman–Crippen MR) is 74.0 cm³/mol. The summed E-state index contributed by atoms with van der Waals surface area (Å²) in [5.74, 6) is 0.329. The van der Waals surface area contributed by atoms with E-state index in [1.807, 2.05) is 0 Å². The van der Waals surface area contributed by atoms with Crippen LogP contribution in [0.4, 0.5) is 0 Å². The fraction of sp³-hybridized carbons (Fsp3) is 0.400. The molecule has 0 bridgehead atoms. The Labute approximate surface area is 119 Å². The molecule has 96 valence electrons. The second-order valence-electron chi connectivity index (χ2n) is 3.57. The quantitative estimate of drug-likeness (QED) is 0.771. The van der Waals surface area contributed by atoms with Gasteiger partial charge in [-0.1, -0.05) is 11.6 Å². The van der Waals surface area contributed by atoms with Gasteiger partial charge in [0.2, 0.25) is 0 Å². The molecule has 0 amide bonds. The molecule has 0 aliphatic carbocycles. The lowest BCUT2D eigenvalue weighted by molar-refractivity contribution is 0.407. The second-order valence-corrected chi connectivity index (χ2v) is 7.57. The molecule has 1 rings (SSSR count). The minimum absolute atomic E-state index is 0.169. The molecule has 0 aliphatic rings. The topological polar surface area (TPSA) is 43.4 Å². The van der Waals surface area contributed by atoms with Crippen LogP contribution in [0.15, 0.2) is 16.6 Å². The van der Waals surface area contributed by atoms with Crippen molar-refractivity contribution in [3.63, 3.8) is 0 Å². The van der Waals surface area contributed by atoms with E-state index in [-0.39, 0.29) is 5.75 Å². The van der Waals surface area contributed by atoms with Crippen LogP contribution in [0.2, 0.25) is 5.02 Å². The highest BCUT2D eigenvalue weighted by Crippen LogP contribution is 2.38. The summed E-state index contributed by atoms with van der Waals surface area (Å²) in [6.07, 6.45) is 1.13. The number of alkyl halides is 1. The van der Waals surface area contributed by atoms with E-state index < -0.39 is 15.2 Å². The van der Waals surface area contributed by atoms with Gasteiger partial charge < -0.3 is 4.74 Å². The lowest BCUT2D eigenvalue weighted by Gasteiger charge is -2.15. The number of rotatable bonds is 4. The predicted octanol–water partition coefficient (Wildman–Crippen LogP) is 3.44. The Kier molecular flexibility index (Phi) is 5.13. The minimum Gasteiger partial charge on any atom is -0.495 e. The lowest BCUT2D eigenvalue weighted by atomic mass is 10.1. The number of benzene rings is 1. The molecular weight excluding hydrogens is 351 g/mol. The summed E-state index contributed by atoms with van der Waals surface area (Å²) in [6.45, 7) is 0. The van der Waals surface area contributed by atoms with E-state index >= 15 is 0 Å². The molecule has 7 heteroatoms. The third-order valence-corrected chi connectivity index (χ3v) is 4.35. The molecule has 1 atom stereocenters. The molecule has 0 aromatic heterocycles. The van der Waals surface area contributed by atoms with Crippen LogP contribution in [0, 0.1) is 0 Å². The lowest BCUT2D eigenvalue weighted by Crippen LogP contribution is -2.10. The van der Waals surface area contributed by atoms with Crippen molar-refractivity contribution in [1.29, 1.82) is 0 Å². The molecule has 0 saturated carbocycles. The van der Waals surface area contributed by atoms with Crippen molar-refractivity contribution in [2.45, 2.75) is 5.38 Å². The summed E-state index contributed by atoms with van der Waals surface area (Å²) < 4.78 is 28.3. The van der Waals surface area contributed by atoms with Crippen molar-refractivity contribution in [1.82, 2.24) is 0 Å². The Morgan fingerprint density at radius 2 is 2.06 bits per heavy atom. The number of hydrogen-bond acceptors (Lipinski definition) is 3. The summed E-state index contributed by atoms with van der Waals surface area (Å²) in [4.78, 5) is 0. The van der Waals surface area contributed by atoms with E-state index in [1.54, 1.807) is 12.1 Å². The molecule has 0 radical (unpaired) electrons. The molecule has 3 nitrogen and oxygen atoms in total. The van der Waals surface area contributed by atoms with Gasteiger partial charge in [0.05, 0.1) is 22.7 Å². The van der Waals surface area contributed by atoms with E-state index in [1.165, 1.54) is 7.11 Å². The molecule has 1 aromatic carbocycles. The zero-order valence-corrected chi connectivity index (χ0v) is 13.1. The third kappa shape index (κ3) is 4.32. The molecule has 0 aliphatic heterocycles. The monoisotopic (exact) mass is 360 g/mol. The average Bonchev–Trinajstić information content (AvgIpc) is 2.13. The first-order valence-electron chi connectivity index (χ1n) is 4.59. The largest absolute Gasteiger partial charge is 0.495 e. The SMILES string of the molecule is COc1c(Br)cc(Cl)cc1C(Cl)CS(C)(=O)=O. The van der Waals surface area contributed by atoms with Gasteiger partial charge in [-0.2, -0.15) is 0 Å². The number of ether oxygens (including phenoxy) is 1. The van der Waals surface area contributed by atoms with Crippen LogP contribution in [-0.4, -0.2) is 27.5 Å². The van der Waals surface area contributed by atoms with E-state index in [4.69, 9.17) is 27.9 Å². The molecule has 0 saturated heterocycles. The first-order valence-corrected chi connectivity index (χ1v) is 8.26. The number of hydrogen-bond donors (Lipinski definition) is 0. The van der Waals surface area contributed by atoms with Gasteiger partial charge >= 0.3 is 0 Å². The maximum atomic E-state index is 11.2. The van der Waals surface area contributed by atoms with Crippen molar-refractivity contribution in [2.24, 2.45) is 0 Å². The van der Waals surface area contributed by atoms with E-state index in [0.29, 0.717) is 20.8 Å². The van der Waals surface area contributed by atoms with Crippen LogP contribution in [0.5, 0.6) is 5.75 Å². The van der Waals surface area contributed by atoms with Crippen molar-refractivity contribution in [3.8, 4) is 5.75 Å². The summed E-state index contributed by atoms with van der Waals surface area (Å²) in [6, 6.07) is 3.27. The van der Waals surface area contributed by atoms with E-state index in [2.05, 4.69) is 15.9 Å². The van der Waals surface area contributed by atoms with Crippen LogP contribution >= 0.6 is 39.1 Å². The molecule has 0 heterocycles. The molecule has 1 unspecified atom stereocenters. The summed E-state index contributed by atoms with van der Waals surface area (Å²) in [5, 5.41) is -0.234. The van der Waals surface area contributed by atoms with Gasteiger partial charge in [-0.3, -0.25) is 0 Å². The maximum absolute atomic E-state index is 11.2. The van der Waals surface area contributed by atoms with Crippen LogP contribution in [0.25, 0.3) is 0 Å². The van der Waals surface area contributed by atoms with Gasteiger partial charge in [-0.25, -0.2) is 8.42 Å². The molecule has 0 spiro atoms. The third-order valence-electron chi connectivity index (χ3n) is 2.03. The number of methoxy groups -OCH3 is 1. The standard InChI is InChI=1S/C10H11BrCl2O3S/c1-16-10-7(3-6(12)4-8(10)11)9(13)5-17(2,14)15/h3-4,9H,5H2,1-2H3. The van der Waals surface area contributed by atoms with Crippen LogP contribution in [0.1, 0.15) is 10.9 Å². The minimum atomic E-state index is -3.17. The van der Waals surface area contributed by atoms with Gasteiger partial charge in [0.25, 0.3) is 0 Å². The van der Waals surface area contributed by atoms with Crippen LogP contribution < -0.4 is 4.74 Å². The van der Waals surface area contributed by atoms with E-state index in [9.17, 15) is 8.42 Å². The molecular formula is C10H11BrCl2O3S. The highest BCUT2D eigenvalue weighted by atomic mass is 79.9. The fourth-order valence-corrected chi connectivity index (χ4v) is 3.94. The molecule has 1 aromatic rings. The van der Waals surface area contributed by atoms with Gasteiger partial charge in [0, 0.05) is 16.8 Å². The zero-order valence-electron chi connectivity index (χ0n) is 9.21. The smallest absolute Gasteiger partial charge is 0.149 e. The summed E-state index contributed by atoms with van der Waals surface area (Å²) >= 11 is 15.3. The normalized spacial score (nSPS) is 13.5. The van der Waals surface area contributed by atoms with Crippen LogP contribution in [-0.2, 0) is 9.84 Å². The number of sulfone groups is 1. The van der Waals surface area contributed by atoms with Gasteiger partial charge in [0.1, 0.15) is 15.6 Å². The Balaban J connectivity index is 3.20. The van der Waals surface area contributed by atoms with E-state index in [0.717, 1.165) is 6.26 Å². The first-order chi connectivity index (χ1) is 7.74. The Hall–Kier alpha value is 0.0300. The maximum Gasteiger partial charge on any atom is 0.149 e. The molecule has 0 fully saturated rings. The zero-order chi connectivity index (χ0) is 13.2. The van der Waals surface area contributed by atoms with Gasteiger partial charge in [-0.15, -0.1) is 11.6 Å². The van der Waals surface area contributed by atoms with Crippen molar-refractivity contribution in [3.05, 3.63) is 27.2 Å². The molecule has 17 heavy (non-hydrogen) atoms. The highest BCUT2D eigenvalue weighted by Gasteiger charge is 2.21. The Morgan fingerprint density at radius 3 is 2.53 bits per heavy atom. The molecule has 0 N–H and O–H groups in total. The first kappa shape index (κ1) is 15.1. The number of halogens is 3. The second kappa shape index (κ2) is 5.78. The van der Waals surface area contributed by atoms with Crippen LogP contribution in [0.3, 0.4) is 0 Å². The van der Waals surface area contributed by atoms with Crippen molar-refractivity contribution in [2.75, 3.05) is 19.1 Å². The summed E-state index contributed by atoms with van der Waals surface area (Å²) in [5.41, 5.74) is 0.555. The van der Waals surface area contributed by atoms with Crippen molar-refractivity contribution < 1.29 is 13.2 Å². The van der Waals surface area contributed by atoms with Crippen molar-refractivity contribution >= 4 is 49.0 Å². The summed E-state index contributed by atoms with van der Waals surface area (Å²) in [7, 11) is -1.68. The average molecular weight is 362 g/mol. The van der Waals surface area contributed by atoms with Gasteiger partial charge in [0.15, 0.2) is 0 Å². The Morgan fingerprint density at radius 1 is 1.47 bits per heavy atom. The fourth-order valence-electron chi connectivity index (χ4n) is 1.38. The van der Waals surface area contributed by atoms with Gasteiger partial charge in [-0.05, 0) is 28.1 Å².